The molecule has 0 bridgehead atoms. The molecule has 0 spiro atoms. The third-order valence-corrected chi connectivity index (χ3v) is 4.49. The van der Waals surface area contributed by atoms with Crippen LogP contribution in [0.15, 0.2) is 42.5 Å². The standard InChI is InChI=1S/C19H19N3O3/c1-13(23)20-15-7-5-14(6-8-15)19(24)22-10-9-21-11-12-25-17-4-2-3-16(22)18(17)21/h2-8H,9-12H2,1H3,(H,20,23). The Morgan fingerprint density at radius 3 is 2.60 bits per heavy atom. The molecule has 0 aromatic heterocycles. The summed E-state index contributed by atoms with van der Waals surface area (Å²) in [6.45, 7) is 4.41. The molecule has 4 rings (SSSR count). The normalized spacial score (nSPS) is 15.2. The fourth-order valence-corrected chi connectivity index (χ4v) is 3.37. The van der Waals surface area contributed by atoms with E-state index in [9.17, 15) is 9.59 Å². The van der Waals surface area contributed by atoms with Crippen LogP contribution in [0.25, 0.3) is 0 Å². The predicted molar refractivity (Wildman–Crippen MR) is 96.6 cm³/mol. The van der Waals surface area contributed by atoms with Crippen LogP contribution < -0.4 is 19.9 Å². The molecule has 128 valence electrons. The predicted octanol–water partition coefficient (Wildman–Crippen LogP) is 2.50. The van der Waals surface area contributed by atoms with Gasteiger partial charge in [0.2, 0.25) is 5.91 Å². The summed E-state index contributed by atoms with van der Waals surface area (Å²) >= 11 is 0. The molecule has 2 aromatic carbocycles. The van der Waals surface area contributed by atoms with Gasteiger partial charge in [0.15, 0.2) is 0 Å². The molecule has 0 saturated heterocycles. The second-order valence-electron chi connectivity index (χ2n) is 6.17. The van der Waals surface area contributed by atoms with Gasteiger partial charge in [-0.1, -0.05) is 6.07 Å². The Bertz CT molecular complexity index is 832. The minimum atomic E-state index is -0.133. The largest absolute Gasteiger partial charge is 0.489 e. The smallest absolute Gasteiger partial charge is 0.258 e. The molecule has 0 atom stereocenters. The molecule has 2 aliphatic heterocycles. The van der Waals surface area contributed by atoms with Crippen molar-refractivity contribution in [3.63, 3.8) is 0 Å². The van der Waals surface area contributed by atoms with Gasteiger partial charge >= 0.3 is 0 Å². The number of anilines is 3. The highest BCUT2D eigenvalue weighted by atomic mass is 16.5. The topological polar surface area (TPSA) is 61.9 Å². The summed E-state index contributed by atoms with van der Waals surface area (Å²) in [5.41, 5.74) is 3.17. The minimum Gasteiger partial charge on any atom is -0.489 e. The van der Waals surface area contributed by atoms with Crippen LogP contribution in [-0.2, 0) is 4.79 Å². The summed E-state index contributed by atoms with van der Waals surface area (Å²) in [6.07, 6.45) is 0. The molecule has 6 heteroatoms. The molecule has 2 heterocycles. The molecular formula is C19H19N3O3. The third kappa shape index (κ3) is 2.80. The summed E-state index contributed by atoms with van der Waals surface area (Å²) in [5.74, 6) is 0.654. The fraction of sp³-hybridized carbons (Fsp3) is 0.263. The SMILES string of the molecule is CC(=O)Nc1ccc(C(=O)N2CCN3CCOc4cccc2c43)cc1. The molecule has 1 N–H and O–H groups in total. The fourth-order valence-electron chi connectivity index (χ4n) is 3.37. The van der Waals surface area contributed by atoms with Crippen LogP contribution in [0.2, 0.25) is 0 Å². The average molecular weight is 337 g/mol. The van der Waals surface area contributed by atoms with Crippen molar-refractivity contribution in [1.82, 2.24) is 0 Å². The van der Waals surface area contributed by atoms with Gasteiger partial charge in [-0.15, -0.1) is 0 Å². The van der Waals surface area contributed by atoms with E-state index in [2.05, 4.69) is 10.2 Å². The van der Waals surface area contributed by atoms with E-state index in [0.717, 1.165) is 30.2 Å². The Hall–Kier alpha value is -3.02. The molecule has 0 fully saturated rings. The van der Waals surface area contributed by atoms with E-state index in [0.29, 0.717) is 24.4 Å². The highest BCUT2D eigenvalue weighted by Crippen LogP contribution is 2.42. The summed E-state index contributed by atoms with van der Waals surface area (Å²) < 4.78 is 5.74. The molecule has 2 amide bonds. The van der Waals surface area contributed by atoms with Crippen LogP contribution in [0, 0.1) is 0 Å². The van der Waals surface area contributed by atoms with Crippen molar-refractivity contribution in [3.8, 4) is 5.75 Å². The molecule has 6 nitrogen and oxygen atoms in total. The molecule has 0 radical (unpaired) electrons. The van der Waals surface area contributed by atoms with Crippen LogP contribution in [0.3, 0.4) is 0 Å². The average Bonchev–Trinajstić information content (AvgIpc) is 2.62. The van der Waals surface area contributed by atoms with Crippen molar-refractivity contribution >= 4 is 28.9 Å². The van der Waals surface area contributed by atoms with Crippen LogP contribution in [0.4, 0.5) is 17.1 Å². The number of ether oxygens (including phenoxy) is 1. The Morgan fingerprint density at radius 1 is 1.04 bits per heavy atom. The Balaban J connectivity index is 1.64. The highest BCUT2D eigenvalue weighted by Gasteiger charge is 2.31. The van der Waals surface area contributed by atoms with Crippen LogP contribution in [-0.4, -0.2) is 38.1 Å². The van der Waals surface area contributed by atoms with Gasteiger partial charge in [0.05, 0.1) is 12.2 Å². The Kier molecular flexibility index (Phi) is 3.80. The number of nitrogens with one attached hydrogen (secondary N) is 1. The van der Waals surface area contributed by atoms with E-state index in [1.807, 2.05) is 18.2 Å². The van der Waals surface area contributed by atoms with E-state index >= 15 is 0 Å². The van der Waals surface area contributed by atoms with Crippen molar-refractivity contribution < 1.29 is 14.3 Å². The number of para-hydroxylation sites is 1. The molecule has 25 heavy (non-hydrogen) atoms. The van der Waals surface area contributed by atoms with E-state index in [1.54, 1.807) is 29.2 Å². The number of amides is 2. The number of hydrogen-bond donors (Lipinski definition) is 1. The van der Waals surface area contributed by atoms with Gasteiger partial charge in [-0.2, -0.15) is 0 Å². The van der Waals surface area contributed by atoms with Crippen molar-refractivity contribution in [3.05, 3.63) is 48.0 Å². The zero-order valence-corrected chi connectivity index (χ0v) is 14.0. The van der Waals surface area contributed by atoms with Gasteiger partial charge in [-0.25, -0.2) is 0 Å². The van der Waals surface area contributed by atoms with E-state index in [1.165, 1.54) is 6.92 Å². The molecule has 0 aliphatic carbocycles. The molecule has 2 aliphatic rings. The number of rotatable bonds is 2. The first-order chi connectivity index (χ1) is 12.1. The number of benzene rings is 2. The Morgan fingerprint density at radius 2 is 1.84 bits per heavy atom. The number of nitrogens with zero attached hydrogens (tertiary/aromatic N) is 2. The van der Waals surface area contributed by atoms with Crippen molar-refractivity contribution in [1.29, 1.82) is 0 Å². The van der Waals surface area contributed by atoms with Crippen molar-refractivity contribution in [2.75, 3.05) is 41.4 Å². The first-order valence-electron chi connectivity index (χ1n) is 8.34. The first kappa shape index (κ1) is 15.5. The summed E-state index contributed by atoms with van der Waals surface area (Å²) in [4.78, 5) is 28.2. The maximum absolute atomic E-state index is 13.0. The summed E-state index contributed by atoms with van der Waals surface area (Å²) in [5, 5.41) is 2.71. The number of carbonyl (C=O) groups is 2. The second-order valence-corrected chi connectivity index (χ2v) is 6.17. The lowest BCUT2D eigenvalue weighted by Crippen LogP contribution is -2.47. The first-order valence-corrected chi connectivity index (χ1v) is 8.34. The lowest BCUT2D eigenvalue weighted by atomic mass is 10.1. The van der Waals surface area contributed by atoms with Crippen LogP contribution in [0.5, 0.6) is 5.75 Å². The quantitative estimate of drug-likeness (QED) is 0.915. The minimum absolute atomic E-state index is 0.0481. The van der Waals surface area contributed by atoms with E-state index < -0.39 is 0 Å². The number of carbonyl (C=O) groups excluding carboxylic acids is 2. The molecule has 0 unspecified atom stereocenters. The lowest BCUT2D eigenvalue weighted by Gasteiger charge is -2.41. The van der Waals surface area contributed by atoms with Crippen LogP contribution in [0.1, 0.15) is 17.3 Å². The molecule has 2 aromatic rings. The number of hydrogen-bond acceptors (Lipinski definition) is 4. The monoisotopic (exact) mass is 337 g/mol. The summed E-state index contributed by atoms with van der Waals surface area (Å²) in [7, 11) is 0. The van der Waals surface area contributed by atoms with Gasteiger partial charge in [-0.05, 0) is 36.4 Å². The highest BCUT2D eigenvalue weighted by molar-refractivity contribution is 6.09. The van der Waals surface area contributed by atoms with E-state index in [-0.39, 0.29) is 11.8 Å². The van der Waals surface area contributed by atoms with Crippen molar-refractivity contribution in [2.45, 2.75) is 6.92 Å². The third-order valence-electron chi connectivity index (χ3n) is 4.49. The second kappa shape index (κ2) is 6.12. The van der Waals surface area contributed by atoms with Crippen molar-refractivity contribution in [2.24, 2.45) is 0 Å². The Labute approximate surface area is 146 Å². The maximum Gasteiger partial charge on any atom is 0.258 e. The zero-order chi connectivity index (χ0) is 17.4. The van der Waals surface area contributed by atoms with Crippen LogP contribution >= 0.6 is 0 Å². The van der Waals surface area contributed by atoms with Gasteiger partial charge in [0, 0.05) is 31.3 Å². The lowest BCUT2D eigenvalue weighted by molar-refractivity contribution is -0.114. The van der Waals surface area contributed by atoms with Gasteiger partial charge in [0.1, 0.15) is 18.0 Å². The molecule has 0 saturated carbocycles. The van der Waals surface area contributed by atoms with Gasteiger partial charge in [-0.3, -0.25) is 9.59 Å². The van der Waals surface area contributed by atoms with E-state index in [4.69, 9.17) is 4.74 Å². The maximum atomic E-state index is 13.0. The summed E-state index contributed by atoms with van der Waals surface area (Å²) in [6, 6.07) is 12.8. The zero-order valence-electron chi connectivity index (χ0n) is 14.0. The molecular weight excluding hydrogens is 318 g/mol. The van der Waals surface area contributed by atoms with Gasteiger partial charge < -0.3 is 19.9 Å². The van der Waals surface area contributed by atoms with Gasteiger partial charge in [0.25, 0.3) is 5.91 Å².